The fourth-order valence-electron chi connectivity index (χ4n) is 5.90. The van der Waals surface area contributed by atoms with E-state index in [1.54, 1.807) is 19.9 Å². The summed E-state index contributed by atoms with van der Waals surface area (Å²) < 4.78 is 17.2. The molecule has 2 aromatic rings. The maximum atomic E-state index is 14.3. The minimum absolute atomic E-state index is 0.00806. The van der Waals surface area contributed by atoms with Gasteiger partial charge < -0.3 is 39.5 Å². The Morgan fingerprint density at radius 2 is 1.85 bits per heavy atom. The van der Waals surface area contributed by atoms with Crippen LogP contribution in [0.1, 0.15) is 63.9 Å². The zero-order chi connectivity index (χ0) is 27.9. The number of allylic oxidation sites excluding steroid dienone is 2. The van der Waals surface area contributed by atoms with E-state index in [1.165, 1.54) is 36.1 Å². The third-order valence-corrected chi connectivity index (χ3v) is 7.66. The number of aliphatic hydroxyl groups excluding tert-OH is 3. The molecule has 2 saturated heterocycles. The van der Waals surface area contributed by atoms with Crippen LogP contribution in [0.3, 0.4) is 0 Å². The summed E-state index contributed by atoms with van der Waals surface area (Å²) in [7, 11) is 0. The van der Waals surface area contributed by atoms with Crippen LogP contribution < -0.4 is 4.74 Å². The van der Waals surface area contributed by atoms with Crippen LogP contribution in [-0.2, 0) is 14.3 Å². The molecule has 3 aliphatic heterocycles. The number of hydrogen-bond donors (Lipinski definition) is 4. The molecule has 1 aliphatic carbocycles. The molecule has 2 fully saturated rings. The average Bonchev–Trinajstić information content (AvgIpc) is 3.22. The van der Waals surface area contributed by atoms with Gasteiger partial charge in [0.15, 0.2) is 11.8 Å². The number of esters is 1. The monoisotopic (exact) mass is 537 g/mol. The molecule has 4 N–H and O–H groups in total. The Hall–Kier alpha value is -3.77. The van der Waals surface area contributed by atoms with Crippen molar-refractivity contribution in [1.29, 1.82) is 0 Å². The number of carbonyl (C=O) groups is 3. The molecular weight excluding hydrogens is 510 g/mol. The van der Waals surface area contributed by atoms with Crippen molar-refractivity contribution in [3.8, 4) is 11.5 Å². The van der Waals surface area contributed by atoms with Crippen LogP contribution in [0, 0.1) is 6.92 Å². The molecule has 7 atom stereocenters. The normalized spacial score (nSPS) is 30.3. The zero-order valence-corrected chi connectivity index (χ0v) is 21.3. The highest BCUT2D eigenvalue weighted by Crippen LogP contribution is 2.52. The van der Waals surface area contributed by atoms with Gasteiger partial charge in [0.05, 0.1) is 29.4 Å². The van der Waals surface area contributed by atoms with Gasteiger partial charge in [-0.3, -0.25) is 9.59 Å². The summed E-state index contributed by atoms with van der Waals surface area (Å²) in [6.45, 7) is 4.69. The molecule has 3 heterocycles. The van der Waals surface area contributed by atoms with E-state index in [0.717, 1.165) is 0 Å². The smallest absolute Gasteiger partial charge is 0.333 e. The van der Waals surface area contributed by atoms with Crippen LogP contribution >= 0.6 is 0 Å². The van der Waals surface area contributed by atoms with Gasteiger partial charge in [-0.2, -0.15) is 0 Å². The van der Waals surface area contributed by atoms with Gasteiger partial charge in [-0.15, -0.1) is 0 Å². The van der Waals surface area contributed by atoms with Crippen molar-refractivity contribution >= 4 is 23.1 Å². The number of phenols is 1. The first-order chi connectivity index (χ1) is 18.5. The SMILES string of the molecule is Cc1cc(O)c2c(c1)C1OC(=O)[C@H](C(C)O)N1C1=C2C(=O)c2cccc(O[C@H]3C[C@@H](O)[C@@H](O)[C@H](C)O3)c2C1=O. The van der Waals surface area contributed by atoms with Gasteiger partial charge in [0.1, 0.15) is 23.3 Å². The van der Waals surface area contributed by atoms with Gasteiger partial charge in [0.2, 0.25) is 18.3 Å². The molecular formula is C28H27NO10. The number of benzene rings is 2. The van der Waals surface area contributed by atoms with Gasteiger partial charge in [0, 0.05) is 23.1 Å². The first kappa shape index (κ1) is 25.5. The van der Waals surface area contributed by atoms with E-state index in [-0.39, 0.29) is 45.9 Å². The summed E-state index contributed by atoms with van der Waals surface area (Å²) >= 11 is 0. The second kappa shape index (κ2) is 8.88. The summed E-state index contributed by atoms with van der Waals surface area (Å²) in [5, 5.41) is 41.6. The van der Waals surface area contributed by atoms with E-state index in [0.29, 0.717) is 11.1 Å². The molecule has 2 aromatic carbocycles. The first-order valence-electron chi connectivity index (χ1n) is 12.6. The Bertz CT molecular complexity index is 1450. The Morgan fingerprint density at radius 1 is 1.10 bits per heavy atom. The van der Waals surface area contributed by atoms with Crippen LogP contribution in [0.4, 0.5) is 0 Å². The standard InChI is InChI=1S/C28H27NO10/c1-10-7-14-19(15(31)8-10)21-23(29-22(11(2)30)28(36)39-27(14)29)26(35)20-13(25(21)34)5-4-6-17(20)38-18-9-16(32)24(33)12(3)37-18/h4-8,11-12,16,18,22,24,27,30-33H,9H2,1-3H3/t11?,12-,16+,18-,22-,24-,27?/m0/s1. The molecule has 0 radical (unpaired) electrons. The number of aromatic hydroxyl groups is 1. The highest BCUT2D eigenvalue weighted by molar-refractivity contribution is 6.41. The lowest BCUT2D eigenvalue weighted by molar-refractivity contribution is -0.216. The summed E-state index contributed by atoms with van der Waals surface area (Å²) in [5.74, 6) is -2.26. The van der Waals surface area contributed by atoms with Gasteiger partial charge in [-0.1, -0.05) is 12.1 Å². The first-order valence-corrected chi connectivity index (χ1v) is 12.6. The third-order valence-electron chi connectivity index (χ3n) is 7.66. The van der Waals surface area contributed by atoms with E-state index in [2.05, 4.69) is 0 Å². The van der Waals surface area contributed by atoms with Crippen LogP contribution in [0.25, 0.3) is 5.57 Å². The van der Waals surface area contributed by atoms with Gasteiger partial charge >= 0.3 is 5.97 Å². The van der Waals surface area contributed by atoms with E-state index >= 15 is 0 Å². The highest BCUT2D eigenvalue weighted by atomic mass is 16.7. The number of phenolic OH excluding ortho intramolecular Hbond substituents is 1. The van der Waals surface area contributed by atoms with Crippen molar-refractivity contribution in [3.63, 3.8) is 0 Å². The summed E-state index contributed by atoms with van der Waals surface area (Å²) in [5.41, 5.74) is 0.709. The number of hydrogen-bond acceptors (Lipinski definition) is 11. The average molecular weight is 538 g/mol. The maximum Gasteiger partial charge on any atom is 0.333 e. The lowest BCUT2D eigenvalue weighted by Crippen LogP contribution is -2.49. The second-order valence-corrected chi connectivity index (χ2v) is 10.4. The molecule has 6 rings (SSSR count). The van der Waals surface area contributed by atoms with Crippen LogP contribution in [-0.4, -0.2) is 79.6 Å². The summed E-state index contributed by atoms with van der Waals surface area (Å²) in [6, 6.07) is 6.32. The Labute approximate surface area is 222 Å². The number of aryl methyl sites for hydroxylation is 1. The van der Waals surface area contributed by atoms with Gasteiger partial charge in [-0.05, 0) is 44.5 Å². The van der Waals surface area contributed by atoms with E-state index in [4.69, 9.17) is 14.2 Å². The Balaban J connectivity index is 1.52. The second-order valence-electron chi connectivity index (χ2n) is 10.4. The van der Waals surface area contributed by atoms with Crippen molar-refractivity contribution in [1.82, 2.24) is 4.90 Å². The van der Waals surface area contributed by atoms with Crippen LogP contribution in [0.2, 0.25) is 0 Å². The molecule has 11 nitrogen and oxygen atoms in total. The number of carbonyl (C=O) groups excluding carboxylic acids is 3. The molecule has 2 unspecified atom stereocenters. The molecule has 0 spiro atoms. The van der Waals surface area contributed by atoms with Gasteiger partial charge in [-0.25, -0.2) is 4.79 Å². The largest absolute Gasteiger partial charge is 0.507 e. The van der Waals surface area contributed by atoms with Crippen molar-refractivity contribution in [2.75, 3.05) is 0 Å². The van der Waals surface area contributed by atoms with E-state index in [1.807, 2.05) is 0 Å². The Morgan fingerprint density at radius 3 is 2.54 bits per heavy atom. The number of fused-ring (bicyclic) bond motifs is 6. The summed E-state index contributed by atoms with van der Waals surface area (Å²) in [6.07, 6.45) is -6.47. The van der Waals surface area contributed by atoms with Crippen molar-refractivity contribution in [3.05, 3.63) is 63.8 Å². The highest BCUT2D eigenvalue weighted by Gasteiger charge is 2.55. The number of nitrogens with zero attached hydrogens (tertiary/aromatic N) is 1. The summed E-state index contributed by atoms with van der Waals surface area (Å²) in [4.78, 5) is 42.5. The number of Topliss-reactive ketones (excluding diaryl/α,β-unsaturated/α-hetero) is 2. The lowest BCUT2D eigenvalue weighted by Gasteiger charge is -2.40. The fourth-order valence-corrected chi connectivity index (χ4v) is 5.90. The topological polar surface area (TPSA) is 163 Å². The number of aliphatic hydroxyl groups is 3. The quantitative estimate of drug-likeness (QED) is 0.418. The van der Waals surface area contributed by atoms with Crippen LogP contribution in [0.5, 0.6) is 11.5 Å². The zero-order valence-electron chi connectivity index (χ0n) is 21.3. The number of ketones is 2. The minimum Gasteiger partial charge on any atom is -0.507 e. The fraction of sp³-hybridized carbons (Fsp3) is 0.393. The molecule has 4 aliphatic rings. The number of rotatable bonds is 3. The maximum absolute atomic E-state index is 14.3. The molecule has 0 amide bonds. The van der Waals surface area contributed by atoms with E-state index < -0.39 is 60.5 Å². The molecule has 39 heavy (non-hydrogen) atoms. The predicted octanol–water partition coefficient (Wildman–Crippen LogP) is 1.35. The van der Waals surface area contributed by atoms with Crippen LogP contribution in [0.15, 0.2) is 36.0 Å². The number of ether oxygens (including phenoxy) is 3. The van der Waals surface area contributed by atoms with E-state index in [9.17, 15) is 34.8 Å². The molecule has 0 saturated carbocycles. The minimum atomic E-state index is -1.28. The molecule has 0 bridgehead atoms. The Kier molecular flexibility index (Phi) is 5.81. The lowest BCUT2D eigenvalue weighted by atomic mass is 9.78. The molecule has 204 valence electrons. The van der Waals surface area contributed by atoms with Crippen molar-refractivity contribution in [2.24, 2.45) is 0 Å². The predicted molar refractivity (Wildman–Crippen MR) is 133 cm³/mol. The third kappa shape index (κ3) is 3.69. The van der Waals surface area contributed by atoms with Gasteiger partial charge in [0.25, 0.3) is 0 Å². The molecule has 11 heteroatoms. The van der Waals surface area contributed by atoms with Crippen molar-refractivity contribution in [2.45, 2.75) is 70.2 Å². The van der Waals surface area contributed by atoms with Crippen molar-refractivity contribution < 1.29 is 49.0 Å². The molecule has 0 aromatic heterocycles.